The fourth-order valence-electron chi connectivity index (χ4n) is 2.70. The molecule has 0 saturated carbocycles. The molecule has 0 radical (unpaired) electrons. The number of halogens is 1. The van der Waals surface area contributed by atoms with Crippen LogP contribution in [0, 0.1) is 22.7 Å². The van der Waals surface area contributed by atoms with Gasteiger partial charge in [-0.25, -0.2) is 9.37 Å². The largest absolute Gasteiger partial charge is 0.489 e. The van der Waals surface area contributed by atoms with Gasteiger partial charge in [0.2, 0.25) is 0 Å². The van der Waals surface area contributed by atoms with E-state index in [0.717, 1.165) is 5.69 Å². The summed E-state index contributed by atoms with van der Waals surface area (Å²) in [5.74, 6) is 0.893. The molecule has 3 heterocycles. The van der Waals surface area contributed by atoms with Gasteiger partial charge in [-0.1, -0.05) is 24.8 Å². The normalized spacial score (nSPS) is 11.4. The van der Waals surface area contributed by atoms with Crippen molar-refractivity contribution in [3.05, 3.63) is 59.5 Å². The topological polar surface area (TPSA) is 121 Å². The van der Waals surface area contributed by atoms with Crippen molar-refractivity contribution in [1.82, 2.24) is 15.0 Å². The third kappa shape index (κ3) is 5.27. The lowest BCUT2D eigenvalue weighted by molar-refractivity contribution is 0.191. The lowest BCUT2D eigenvalue weighted by Crippen LogP contribution is -2.11. The number of nitrogens with zero attached hydrogens (tertiary/aromatic N) is 5. The summed E-state index contributed by atoms with van der Waals surface area (Å²) in [5.41, 5.74) is 7.82. The Morgan fingerprint density at radius 2 is 1.97 bits per heavy atom. The number of thioether (sulfide) groups is 1. The van der Waals surface area contributed by atoms with Crippen LogP contribution in [-0.4, -0.2) is 27.7 Å². The van der Waals surface area contributed by atoms with Crippen molar-refractivity contribution in [3.8, 4) is 29.1 Å². The summed E-state index contributed by atoms with van der Waals surface area (Å²) in [6, 6.07) is 12.9. The number of ether oxygens (including phenoxy) is 1. The fraction of sp³-hybridized carbons (Fsp3) is 0.227. The number of nitrogen functional groups attached to an aromatic ring is 1. The molecule has 9 heteroatoms. The summed E-state index contributed by atoms with van der Waals surface area (Å²) >= 11 is 1.30. The second-order valence-corrected chi connectivity index (χ2v) is 7.42. The Hall–Kier alpha value is -3.69. The number of nitrogens with two attached hydrogens (primary N) is 1. The standard InChI is InChI=1S/C22H19FN6OS/c1-2-14(23)12-30-16-6-7-19(28-11-16)20-17(9-24)21(26)29-22(18(20)10-25)31-13-15-5-3-4-8-27-15/h3-8,11,14H,2,12-13H2,1H3,(H2,26,29). The van der Waals surface area contributed by atoms with E-state index in [1.165, 1.54) is 18.0 Å². The number of anilines is 1. The minimum atomic E-state index is -1.06. The van der Waals surface area contributed by atoms with E-state index in [-0.39, 0.29) is 23.6 Å². The molecule has 0 fully saturated rings. The van der Waals surface area contributed by atoms with Crippen LogP contribution in [0.1, 0.15) is 30.2 Å². The predicted molar refractivity (Wildman–Crippen MR) is 116 cm³/mol. The van der Waals surface area contributed by atoms with Crippen LogP contribution >= 0.6 is 11.8 Å². The van der Waals surface area contributed by atoms with Crippen LogP contribution in [0.25, 0.3) is 11.3 Å². The van der Waals surface area contributed by atoms with E-state index in [9.17, 15) is 14.9 Å². The van der Waals surface area contributed by atoms with Crippen molar-refractivity contribution in [3.63, 3.8) is 0 Å². The summed E-state index contributed by atoms with van der Waals surface area (Å²) in [6.45, 7) is 1.67. The van der Waals surface area contributed by atoms with Crippen LogP contribution in [0.4, 0.5) is 10.2 Å². The third-order valence-electron chi connectivity index (χ3n) is 4.36. The first-order valence-electron chi connectivity index (χ1n) is 9.47. The molecule has 0 aliphatic rings. The number of hydrogen-bond donors (Lipinski definition) is 1. The van der Waals surface area contributed by atoms with Gasteiger partial charge < -0.3 is 10.5 Å². The van der Waals surface area contributed by atoms with E-state index in [2.05, 4.69) is 21.0 Å². The number of hydrogen-bond acceptors (Lipinski definition) is 8. The molecule has 0 aliphatic heterocycles. The third-order valence-corrected chi connectivity index (χ3v) is 5.37. The van der Waals surface area contributed by atoms with E-state index in [1.54, 1.807) is 25.3 Å². The summed E-state index contributed by atoms with van der Waals surface area (Å²) in [7, 11) is 0. The molecule has 2 N–H and O–H groups in total. The molecule has 0 spiro atoms. The van der Waals surface area contributed by atoms with Crippen LogP contribution in [0.3, 0.4) is 0 Å². The molecule has 0 aliphatic carbocycles. The van der Waals surface area contributed by atoms with Crippen LogP contribution in [-0.2, 0) is 5.75 Å². The Morgan fingerprint density at radius 3 is 2.58 bits per heavy atom. The summed E-state index contributed by atoms with van der Waals surface area (Å²) < 4.78 is 18.8. The van der Waals surface area contributed by atoms with E-state index in [0.29, 0.717) is 34.2 Å². The van der Waals surface area contributed by atoms with Gasteiger partial charge in [-0.2, -0.15) is 10.5 Å². The Bertz CT molecular complexity index is 1130. The monoisotopic (exact) mass is 434 g/mol. The molecule has 156 valence electrons. The van der Waals surface area contributed by atoms with Crippen molar-refractivity contribution in [1.29, 1.82) is 10.5 Å². The van der Waals surface area contributed by atoms with Crippen molar-refractivity contribution in [2.45, 2.75) is 30.3 Å². The maximum Gasteiger partial charge on any atom is 0.143 e. The van der Waals surface area contributed by atoms with Crippen LogP contribution < -0.4 is 10.5 Å². The van der Waals surface area contributed by atoms with Gasteiger partial charge in [-0.05, 0) is 30.7 Å². The van der Waals surface area contributed by atoms with E-state index >= 15 is 0 Å². The lowest BCUT2D eigenvalue weighted by Gasteiger charge is -2.13. The highest BCUT2D eigenvalue weighted by Crippen LogP contribution is 2.36. The molecule has 3 aromatic rings. The molecule has 0 saturated heterocycles. The van der Waals surface area contributed by atoms with Gasteiger partial charge >= 0.3 is 0 Å². The molecule has 3 rings (SSSR count). The van der Waals surface area contributed by atoms with Gasteiger partial charge in [-0.3, -0.25) is 9.97 Å². The SMILES string of the molecule is CCC(F)COc1ccc(-c2c(C#N)c(N)nc(SCc3ccccn3)c2C#N)nc1. The molecule has 1 atom stereocenters. The molecule has 1 unspecified atom stereocenters. The van der Waals surface area contributed by atoms with Gasteiger partial charge in [0.05, 0.1) is 23.1 Å². The zero-order chi connectivity index (χ0) is 22.2. The first kappa shape index (κ1) is 22.0. The van der Waals surface area contributed by atoms with Crippen molar-refractivity contribution in [2.75, 3.05) is 12.3 Å². The highest BCUT2D eigenvalue weighted by Gasteiger charge is 2.21. The average Bonchev–Trinajstić information content (AvgIpc) is 2.81. The Morgan fingerprint density at radius 1 is 1.16 bits per heavy atom. The smallest absolute Gasteiger partial charge is 0.143 e. The minimum Gasteiger partial charge on any atom is -0.489 e. The Kier molecular flexibility index (Phi) is 7.36. The van der Waals surface area contributed by atoms with Gasteiger partial charge in [-0.15, -0.1) is 0 Å². The molecular weight excluding hydrogens is 415 g/mol. The van der Waals surface area contributed by atoms with E-state index in [1.807, 2.05) is 24.3 Å². The van der Waals surface area contributed by atoms with Crippen LogP contribution in [0.15, 0.2) is 47.8 Å². The summed E-state index contributed by atoms with van der Waals surface area (Å²) in [6.07, 6.45) is 2.41. The number of alkyl halides is 1. The zero-order valence-corrected chi connectivity index (χ0v) is 17.6. The number of aromatic nitrogens is 3. The quantitative estimate of drug-likeness (QED) is 0.521. The lowest BCUT2D eigenvalue weighted by atomic mass is 10.0. The fourth-order valence-corrected chi connectivity index (χ4v) is 3.61. The summed E-state index contributed by atoms with van der Waals surface area (Å²) in [5, 5.41) is 19.8. The van der Waals surface area contributed by atoms with E-state index < -0.39 is 6.17 Å². The second kappa shape index (κ2) is 10.4. The Balaban J connectivity index is 1.96. The Labute approximate surface area is 183 Å². The highest BCUT2D eigenvalue weighted by atomic mass is 32.2. The van der Waals surface area contributed by atoms with Crippen LogP contribution in [0.5, 0.6) is 5.75 Å². The summed E-state index contributed by atoms with van der Waals surface area (Å²) in [4.78, 5) is 12.8. The van der Waals surface area contributed by atoms with Gasteiger partial charge in [0.1, 0.15) is 47.1 Å². The first-order valence-corrected chi connectivity index (χ1v) is 10.5. The maximum atomic E-state index is 13.4. The molecule has 3 aromatic heterocycles. The van der Waals surface area contributed by atoms with Gasteiger partial charge in [0, 0.05) is 17.5 Å². The molecule has 0 amide bonds. The molecule has 31 heavy (non-hydrogen) atoms. The predicted octanol–water partition coefficient (Wildman–Crippen LogP) is 4.28. The first-order chi connectivity index (χ1) is 15.1. The minimum absolute atomic E-state index is 0.0189. The average molecular weight is 435 g/mol. The van der Waals surface area contributed by atoms with Gasteiger partial charge in [0.15, 0.2) is 0 Å². The van der Waals surface area contributed by atoms with Crippen molar-refractivity contribution < 1.29 is 9.13 Å². The molecule has 0 bridgehead atoms. The van der Waals surface area contributed by atoms with E-state index in [4.69, 9.17) is 10.5 Å². The maximum absolute atomic E-state index is 13.4. The van der Waals surface area contributed by atoms with Crippen molar-refractivity contribution >= 4 is 17.6 Å². The highest BCUT2D eigenvalue weighted by molar-refractivity contribution is 7.98. The molecule has 7 nitrogen and oxygen atoms in total. The molecular formula is C22H19FN6OS. The van der Waals surface area contributed by atoms with Crippen molar-refractivity contribution in [2.24, 2.45) is 0 Å². The molecule has 0 aromatic carbocycles. The zero-order valence-electron chi connectivity index (χ0n) is 16.7. The number of nitriles is 2. The van der Waals surface area contributed by atoms with Crippen LogP contribution in [0.2, 0.25) is 0 Å². The number of pyridine rings is 3. The number of rotatable bonds is 8. The second-order valence-electron chi connectivity index (χ2n) is 6.46. The van der Waals surface area contributed by atoms with Gasteiger partial charge in [0.25, 0.3) is 0 Å².